The molecule has 1 rings (SSSR count). The molecule has 1 fully saturated rings. The molecule has 1 unspecified atom stereocenters. The van der Waals surface area contributed by atoms with Crippen molar-refractivity contribution in [3.63, 3.8) is 0 Å². The molecule has 13 heavy (non-hydrogen) atoms. The predicted molar refractivity (Wildman–Crippen MR) is 52.5 cm³/mol. The lowest BCUT2D eigenvalue weighted by molar-refractivity contribution is 0.0793. The standard InChI is InChI=1S/C10H21NO2/c1-2-10(4-3-5-10)8-11-6-9(13)7-12/h9,11-13H,2-8H2,1H3. The van der Waals surface area contributed by atoms with E-state index < -0.39 is 6.10 Å². The van der Waals surface area contributed by atoms with Crippen LogP contribution in [0.15, 0.2) is 0 Å². The van der Waals surface area contributed by atoms with E-state index in [0.717, 1.165) is 6.54 Å². The summed E-state index contributed by atoms with van der Waals surface area (Å²) in [6, 6.07) is 0. The molecular formula is C10H21NO2. The van der Waals surface area contributed by atoms with Crippen molar-refractivity contribution in [1.29, 1.82) is 0 Å². The average Bonchev–Trinajstić information content (AvgIpc) is 2.09. The Hall–Kier alpha value is -0.120. The Labute approximate surface area is 80.2 Å². The summed E-state index contributed by atoms with van der Waals surface area (Å²) >= 11 is 0. The molecule has 0 aliphatic heterocycles. The number of rotatable bonds is 6. The number of hydrogen-bond donors (Lipinski definition) is 3. The molecule has 0 radical (unpaired) electrons. The minimum atomic E-state index is -0.603. The number of hydrogen-bond acceptors (Lipinski definition) is 3. The summed E-state index contributed by atoms with van der Waals surface area (Å²) in [6.45, 7) is 3.58. The van der Waals surface area contributed by atoms with Crippen LogP contribution in [0, 0.1) is 5.41 Å². The first kappa shape index (κ1) is 11.0. The quantitative estimate of drug-likeness (QED) is 0.568. The first-order valence-electron chi connectivity index (χ1n) is 5.22. The minimum Gasteiger partial charge on any atom is -0.394 e. The van der Waals surface area contributed by atoms with Crippen molar-refractivity contribution in [3.8, 4) is 0 Å². The molecule has 3 nitrogen and oxygen atoms in total. The fraction of sp³-hybridized carbons (Fsp3) is 1.00. The Kier molecular flexibility index (Phi) is 4.16. The molecule has 0 bridgehead atoms. The summed E-state index contributed by atoms with van der Waals surface area (Å²) in [5.41, 5.74) is 0.495. The third-order valence-corrected chi connectivity index (χ3v) is 3.25. The summed E-state index contributed by atoms with van der Waals surface area (Å²) in [6.07, 6.45) is 4.58. The molecule has 0 aromatic rings. The zero-order chi connectivity index (χ0) is 9.73. The zero-order valence-electron chi connectivity index (χ0n) is 8.42. The highest BCUT2D eigenvalue weighted by Gasteiger charge is 2.34. The van der Waals surface area contributed by atoms with Gasteiger partial charge >= 0.3 is 0 Å². The average molecular weight is 187 g/mol. The Morgan fingerprint density at radius 1 is 1.46 bits per heavy atom. The molecule has 1 aliphatic rings. The van der Waals surface area contributed by atoms with E-state index in [1.54, 1.807) is 0 Å². The van der Waals surface area contributed by atoms with Crippen LogP contribution in [0.5, 0.6) is 0 Å². The third-order valence-electron chi connectivity index (χ3n) is 3.25. The molecule has 0 aromatic carbocycles. The predicted octanol–water partition coefficient (Wildman–Crippen LogP) is 0.509. The van der Waals surface area contributed by atoms with Gasteiger partial charge in [-0.15, -0.1) is 0 Å². The van der Waals surface area contributed by atoms with Gasteiger partial charge in [-0.05, 0) is 24.7 Å². The Bertz CT molecular complexity index is 140. The second-order valence-electron chi connectivity index (χ2n) is 4.17. The third kappa shape index (κ3) is 2.93. The van der Waals surface area contributed by atoms with E-state index in [1.165, 1.54) is 25.7 Å². The lowest BCUT2D eigenvalue weighted by atomic mass is 9.67. The smallest absolute Gasteiger partial charge is 0.0894 e. The molecule has 0 heterocycles. The van der Waals surface area contributed by atoms with Crippen LogP contribution in [-0.4, -0.2) is 36.0 Å². The molecule has 3 heteroatoms. The molecule has 0 amide bonds. The van der Waals surface area contributed by atoms with Crippen molar-refractivity contribution in [3.05, 3.63) is 0 Å². The van der Waals surface area contributed by atoms with Crippen LogP contribution >= 0.6 is 0 Å². The maximum Gasteiger partial charge on any atom is 0.0894 e. The number of aliphatic hydroxyl groups is 2. The van der Waals surface area contributed by atoms with Gasteiger partial charge < -0.3 is 15.5 Å². The maximum absolute atomic E-state index is 9.11. The van der Waals surface area contributed by atoms with Crippen molar-refractivity contribution < 1.29 is 10.2 Å². The van der Waals surface area contributed by atoms with Crippen LogP contribution in [0.25, 0.3) is 0 Å². The second kappa shape index (κ2) is 4.94. The minimum absolute atomic E-state index is 0.147. The number of nitrogens with one attached hydrogen (secondary N) is 1. The molecule has 1 atom stereocenters. The second-order valence-corrected chi connectivity index (χ2v) is 4.17. The van der Waals surface area contributed by atoms with Crippen molar-refractivity contribution in [1.82, 2.24) is 5.32 Å². The van der Waals surface area contributed by atoms with E-state index in [9.17, 15) is 0 Å². The summed E-state index contributed by atoms with van der Waals surface area (Å²) in [5, 5.41) is 20.9. The van der Waals surface area contributed by atoms with Crippen LogP contribution in [0.4, 0.5) is 0 Å². The van der Waals surface area contributed by atoms with Crippen LogP contribution < -0.4 is 5.32 Å². The molecule has 1 aliphatic carbocycles. The molecule has 0 aromatic heterocycles. The van der Waals surface area contributed by atoms with Gasteiger partial charge in [0.15, 0.2) is 0 Å². The monoisotopic (exact) mass is 187 g/mol. The maximum atomic E-state index is 9.11. The van der Waals surface area contributed by atoms with Gasteiger partial charge in [-0.3, -0.25) is 0 Å². The van der Waals surface area contributed by atoms with E-state index >= 15 is 0 Å². The van der Waals surface area contributed by atoms with Crippen molar-refractivity contribution >= 4 is 0 Å². The molecule has 1 saturated carbocycles. The van der Waals surface area contributed by atoms with Gasteiger partial charge in [-0.25, -0.2) is 0 Å². The Morgan fingerprint density at radius 3 is 2.54 bits per heavy atom. The lowest BCUT2D eigenvalue weighted by Gasteiger charge is -2.41. The lowest BCUT2D eigenvalue weighted by Crippen LogP contribution is -2.42. The van der Waals surface area contributed by atoms with Crippen LogP contribution in [0.2, 0.25) is 0 Å². The van der Waals surface area contributed by atoms with Crippen LogP contribution in [0.1, 0.15) is 32.6 Å². The van der Waals surface area contributed by atoms with Gasteiger partial charge in [-0.2, -0.15) is 0 Å². The topological polar surface area (TPSA) is 52.5 Å². The largest absolute Gasteiger partial charge is 0.394 e. The molecule has 3 N–H and O–H groups in total. The van der Waals surface area contributed by atoms with Gasteiger partial charge in [0.25, 0.3) is 0 Å². The highest BCUT2D eigenvalue weighted by atomic mass is 16.3. The number of aliphatic hydroxyl groups excluding tert-OH is 2. The van der Waals surface area contributed by atoms with E-state index in [4.69, 9.17) is 10.2 Å². The van der Waals surface area contributed by atoms with E-state index in [1.807, 2.05) is 0 Å². The van der Waals surface area contributed by atoms with Crippen LogP contribution in [0.3, 0.4) is 0 Å². The molecule has 78 valence electrons. The fourth-order valence-electron chi connectivity index (χ4n) is 1.90. The van der Waals surface area contributed by atoms with Gasteiger partial charge in [0.05, 0.1) is 12.7 Å². The van der Waals surface area contributed by atoms with Gasteiger partial charge in [0, 0.05) is 13.1 Å². The summed E-state index contributed by atoms with van der Waals surface area (Å²) in [4.78, 5) is 0. The van der Waals surface area contributed by atoms with Gasteiger partial charge in [-0.1, -0.05) is 13.3 Å². The fourth-order valence-corrected chi connectivity index (χ4v) is 1.90. The Balaban J connectivity index is 2.10. The van der Waals surface area contributed by atoms with E-state index in [-0.39, 0.29) is 6.61 Å². The van der Waals surface area contributed by atoms with Crippen molar-refractivity contribution in [2.45, 2.75) is 38.7 Å². The first-order valence-corrected chi connectivity index (χ1v) is 5.22. The van der Waals surface area contributed by atoms with Crippen molar-refractivity contribution in [2.75, 3.05) is 19.7 Å². The highest BCUT2D eigenvalue weighted by Crippen LogP contribution is 2.42. The summed E-state index contributed by atoms with van der Waals surface area (Å²) < 4.78 is 0. The zero-order valence-corrected chi connectivity index (χ0v) is 8.42. The SMILES string of the molecule is CCC1(CNCC(O)CO)CCC1. The normalized spacial score (nSPS) is 22.4. The van der Waals surface area contributed by atoms with E-state index in [0.29, 0.717) is 12.0 Å². The van der Waals surface area contributed by atoms with Gasteiger partial charge in [0.1, 0.15) is 0 Å². The van der Waals surface area contributed by atoms with Crippen molar-refractivity contribution in [2.24, 2.45) is 5.41 Å². The first-order chi connectivity index (χ1) is 6.22. The molecular weight excluding hydrogens is 166 g/mol. The highest BCUT2D eigenvalue weighted by molar-refractivity contribution is 4.88. The van der Waals surface area contributed by atoms with E-state index in [2.05, 4.69) is 12.2 Å². The summed E-state index contributed by atoms with van der Waals surface area (Å²) in [5.74, 6) is 0. The summed E-state index contributed by atoms with van der Waals surface area (Å²) in [7, 11) is 0. The van der Waals surface area contributed by atoms with Gasteiger partial charge in [0.2, 0.25) is 0 Å². The Morgan fingerprint density at radius 2 is 2.15 bits per heavy atom. The molecule has 0 spiro atoms. The molecule has 0 saturated heterocycles. The van der Waals surface area contributed by atoms with Crippen LogP contribution in [-0.2, 0) is 0 Å².